The molecule has 2 atom stereocenters. The highest BCUT2D eigenvalue weighted by molar-refractivity contribution is 5.03. The maximum Gasteiger partial charge on any atom is 0.0694 e. The number of nitrogens with one attached hydrogen (secondary N) is 2. The molecule has 1 aliphatic heterocycles. The predicted molar refractivity (Wildman–Crippen MR) is 55.6 cm³/mol. The summed E-state index contributed by atoms with van der Waals surface area (Å²) in [6.45, 7) is 8.05. The molecule has 76 valence electrons. The van der Waals surface area contributed by atoms with Gasteiger partial charge < -0.3 is 0 Å². The minimum atomic E-state index is 0.279. The summed E-state index contributed by atoms with van der Waals surface area (Å²) < 4.78 is 0. The van der Waals surface area contributed by atoms with Gasteiger partial charge >= 0.3 is 0 Å². The average Bonchev–Trinajstić information content (AvgIpc) is 2.26. The normalized spacial score (nSPS) is 44.1. The summed E-state index contributed by atoms with van der Waals surface area (Å²) in [6.07, 6.45) is 5.39. The molecule has 0 radical (unpaired) electrons. The number of hydrogen-bond acceptors (Lipinski definition) is 2. The summed E-state index contributed by atoms with van der Waals surface area (Å²) in [5.74, 6) is 0.877. The summed E-state index contributed by atoms with van der Waals surface area (Å²) in [4.78, 5) is 0. The lowest BCUT2D eigenvalue weighted by Crippen LogP contribution is -2.54. The molecule has 2 N–H and O–H groups in total. The molecule has 0 bridgehead atoms. The van der Waals surface area contributed by atoms with Crippen molar-refractivity contribution in [2.24, 2.45) is 5.92 Å². The van der Waals surface area contributed by atoms with E-state index in [1.165, 1.54) is 25.7 Å². The van der Waals surface area contributed by atoms with Crippen LogP contribution in [0.4, 0.5) is 0 Å². The van der Waals surface area contributed by atoms with E-state index in [9.17, 15) is 0 Å². The Balaban J connectivity index is 2.05. The van der Waals surface area contributed by atoms with Crippen LogP contribution in [0.1, 0.15) is 46.5 Å². The summed E-state index contributed by atoms with van der Waals surface area (Å²) >= 11 is 0. The molecule has 2 nitrogen and oxygen atoms in total. The van der Waals surface area contributed by atoms with Gasteiger partial charge in [0.1, 0.15) is 0 Å². The van der Waals surface area contributed by atoms with Gasteiger partial charge in [0.05, 0.1) is 5.66 Å². The zero-order valence-electron chi connectivity index (χ0n) is 9.11. The van der Waals surface area contributed by atoms with Gasteiger partial charge in [-0.3, -0.25) is 10.6 Å². The van der Waals surface area contributed by atoms with Crippen LogP contribution in [0.3, 0.4) is 0 Å². The van der Waals surface area contributed by atoms with E-state index in [0.717, 1.165) is 12.5 Å². The SMILES string of the molecule is C[C@H]1CCC[C@]2(C1)NCC(C)(C)N2. The van der Waals surface area contributed by atoms with Crippen molar-refractivity contribution in [2.75, 3.05) is 6.54 Å². The summed E-state index contributed by atoms with van der Waals surface area (Å²) in [6, 6.07) is 0. The van der Waals surface area contributed by atoms with Crippen molar-refractivity contribution >= 4 is 0 Å². The maximum absolute atomic E-state index is 3.76. The van der Waals surface area contributed by atoms with E-state index in [1.54, 1.807) is 0 Å². The van der Waals surface area contributed by atoms with E-state index in [4.69, 9.17) is 0 Å². The lowest BCUT2D eigenvalue weighted by atomic mass is 9.82. The Labute approximate surface area is 81.5 Å². The fourth-order valence-electron chi connectivity index (χ4n) is 2.95. The van der Waals surface area contributed by atoms with E-state index in [-0.39, 0.29) is 11.2 Å². The monoisotopic (exact) mass is 182 g/mol. The van der Waals surface area contributed by atoms with Crippen LogP contribution < -0.4 is 10.6 Å². The third kappa shape index (κ3) is 1.89. The van der Waals surface area contributed by atoms with Crippen molar-refractivity contribution < 1.29 is 0 Å². The first kappa shape index (κ1) is 9.47. The summed E-state index contributed by atoms with van der Waals surface area (Å²) in [7, 11) is 0. The molecule has 0 aromatic carbocycles. The first-order valence-corrected chi connectivity index (χ1v) is 5.56. The predicted octanol–water partition coefficient (Wildman–Crippen LogP) is 1.86. The van der Waals surface area contributed by atoms with Gasteiger partial charge in [0.15, 0.2) is 0 Å². The molecule has 1 heterocycles. The van der Waals surface area contributed by atoms with Crippen LogP contribution in [-0.2, 0) is 0 Å². The molecule has 2 aliphatic rings. The van der Waals surface area contributed by atoms with Gasteiger partial charge in [-0.05, 0) is 32.6 Å². The topological polar surface area (TPSA) is 24.1 Å². The highest BCUT2D eigenvalue weighted by Crippen LogP contribution is 2.34. The van der Waals surface area contributed by atoms with Gasteiger partial charge in [-0.2, -0.15) is 0 Å². The molecule has 1 spiro atoms. The second-order valence-electron chi connectivity index (χ2n) is 5.65. The molecule has 1 aliphatic carbocycles. The third-order valence-electron chi connectivity index (χ3n) is 3.44. The molecule has 2 fully saturated rings. The zero-order chi connectivity index (χ0) is 9.53. The summed E-state index contributed by atoms with van der Waals surface area (Å²) in [5.41, 5.74) is 0.568. The van der Waals surface area contributed by atoms with Gasteiger partial charge in [0, 0.05) is 12.1 Å². The molecule has 0 aromatic rings. The highest BCUT2D eigenvalue weighted by Gasteiger charge is 2.43. The van der Waals surface area contributed by atoms with Crippen molar-refractivity contribution in [1.29, 1.82) is 0 Å². The number of rotatable bonds is 0. The molecule has 0 aromatic heterocycles. The van der Waals surface area contributed by atoms with E-state index >= 15 is 0 Å². The second-order valence-corrected chi connectivity index (χ2v) is 5.65. The lowest BCUT2D eigenvalue weighted by molar-refractivity contribution is 0.174. The first-order chi connectivity index (χ1) is 6.02. The molecular weight excluding hydrogens is 160 g/mol. The van der Waals surface area contributed by atoms with E-state index in [2.05, 4.69) is 31.4 Å². The van der Waals surface area contributed by atoms with Gasteiger partial charge in [-0.15, -0.1) is 0 Å². The molecule has 1 saturated heterocycles. The Bertz CT molecular complexity index is 200. The second kappa shape index (κ2) is 2.96. The standard InChI is InChI=1S/C11H22N2/c1-9-5-4-6-11(7-9)12-8-10(2,3)13-11/h9,12-13H,4-8H2,1-3H3/t9-,11-/m0/s1. The molecular formula is C11H22N2. The Hall–Kier alpha value is -0.0800. The van der Waals surface area contributed by atoms with Crippen molar-refractivity contribution in [3.63, 3.8) is 0 Å². The molecule has 13 heavy (non-hydrogen) atoms. The van der Waals surface area contributed by atoms with Gasteiger partial charge in [0.2, 0.25) is 0 Å². The number of hydrogen-bond donors (Lipinski definition) is 2. The zero-order valence-corrected chi connectivity index (χ0v) is 9.11. The minimum Gasteiger partial charge on any atom is -0.297 e. The third-order valence-corrected chi connectivity index (χ3v) is 3.44. The Morgan fingerprint density at radius 1 is 1.31 bits per heavy atom. The van der Waals surface area contributed by atoms with Crippen LogP contribution in [0.15, 0.2) is 0 Å². The lowest BCUT2D eigenvalue weighted by Gasteiger charge is -2.38. The van der Waals surface area contributed by atoms with Gasteiger partial charge in [-0.25, -0.2) is 0 Å². The van der Waals surface area contributed by atoms with Crippen LogP contribution in [0.2, 0.25) is 0 Å². The Morgan fingerprint density at radius 2 is 2.08 bits per heavy atom. The first-order valence-electron chi connectivity index (χ1n) is 5.56. The van der Waals surface area contributed by atoms with Crippen LogP contribution in [-0.4, -0.2) is 17.7 Å². The van der Waals surface area contributed by atoms with Crippen LogP contribution >= 0.6 is 0 Å². The van der Waals surface area contributed by atoms with Crippen molar-refractivity contribution in [3.05, 3.63) is 0 Å². The van der Waals surface area contributed by atoms with Crippen LogP contribution in [0.25, 0.3) is 0 Å². The highest BCUT2D eigenvalue weighted by atomic mass is 15.3. The Kier molecular flexibility index (Phi) is 2.16. The van der Waals surface area contributed by atoms with Crippen LogP contribution in [0, 0.1) is 5.92 Å². The smallest absolute Gasteiger partial charge is 0.0694 e. The van der Waals surface area contributed by atoms with Crippen molar-refractivity contribution in [2.45, 2.75) is 57.7 Å². The fourth-order valence-corrected chi connectivity index (χ4v) is 2.95. The van der Waals surface area contributed by atoms with Gasteiger partial charge in [0.25, 0.3) is 0 Å². The molecule has 0 unspecified atom stereocenters. The van der Waals surface area contributed by atoms with Crippen molar-refractivity contribution in [1.82, 2.24) is 10.6 Å². The fraction of sp³-hybridized carbons (Fsp3) is 1.00. The molecule has 2 rings (SSSR count). The van der Waals surface area contributed by atoms with Crippen molar-refractivity contribution in [3.8, 4) is 0 Å². The van der Waals surface area contributed by atoms with Crippen LogP contribution in [0.5, 0.6) is 0 Å². The Morgan fingerprint density at radius 3 is 2.62 bits per heavy atom. The maximum atomic E-state index is 3.76. The largest absolute Gasteiger partial charge is 0.297 e. The molecule has 0 amide bonds. The molecule has 1 saturated carbocycles. The van der Waals surface area contributed by atoms with E-state index in [1.807, 2.05) is 0 Å². The van der Waals surface area contributed by atoms with E-state index < -0.39 is 0 Å². The summed E-state index contributed by atoms with van der Waals surface area (Å²) in [5, 5.41) is 7.45. The molecule has 2 heteroatoms. The quantitative estimate of drug-likeness (QED) is 0.597. The van der Waals surface area contributed by atoms with E-state index in [0.29, 0.717) is 0 Å². The van der Waals surface area contributed by atoms with Gasteiger partial charge in [-0.1, -0.05) is 19.8 Å². The minimum absolute atomic E-state index is 0.279. The average molecular weight is 182 g/mol.